The lowest BCUT2D eigenvalue weighted by Crippen LogP contribution is -2.49. The number of anilines is 2. The predicted molar refractivity (Wildman–Crippen MR) is 94.6 cm³/mol. The van der Waals surface area contributed by atoms with Gasteiger partial charge in [-0.15, -0.1) is 0 Å². The molecule has 2 N–H and O–H groups in total. The molecule has 1 atom stereocenters. The van der Waals surface area contributed by atoms with Gasteiger partial charge in [0.25, 0.3) is 0 Å². The van der Waals surface area contributed by atoms with Crippen molar-refractivity contribution in [3.05, 3.63) is 48.8 Å². The minimum Gasteiger partial charge on any atom is -0.497 e. The number of nitrogens with one attached hydrogen (secondary N) is 2. The molecule has 1 aromatic carbocycles. The molecule has 0 unspecified atom stereocenters. The summed E-state index contributed by atoms with van der Waals surface area (Å²) in [6, 6.07) is 11.5. The van der Waals surface area contributed by atoms with Gasteiger partial charge in [0.05, 0.1) is 19.0 Å². The third-order valence-electron chi connectivity index (χ3n) is 4.09. The van der Waals surface area contributed by atoms with Gasteiger partial charge in [-0.1, -0.05) is 6.07 Å². The van der Waals surface area contributed by atoms with E-state index in [9.17, 15) is 4.79 Å². The summed E-state index contributed by atoms with van der Waals surface area (Å²) in [4.78, 5) is 18.4. The first-order valence-electron chi connectivity index (χ1n) is 8.11. The number of benzene rings is 1. The Morgan fingerprint density at radius 3 is 3.04 bits per heavy atom. The van der Waals surface area contributed by atoms with E-state index in [0.717, 1.165) is 37.4 Å². The molecular formula is C18H22N4O2. The predicted octanol–water partition coefficient (Wildman–Crippen LogP) is 2.88. The largest absolute Gasteiger partial charge is 0.497 e. The Hall–Kier alpha value is -2.76. The average molecular weight is 326 g/mol. The maximum absolute atomic E-state index is 12.1. The summed E-state index contributed by atoms with van der Waals surface area (Å²) < 4.78 is 5.29. The highest BCUT2D eigenvalue weighted by atomic mass is 16.5. The molecule has 126 valence electrons. The van der Waals surface area contributed by atoms with Crippen LogP contribution in [-0.2, 0) is 0 Å². The van der Waals surface area contributed by atoms with Gasteiger partial charge in [0, 0.05) is 37.1 Å². The highest BCUT2D eigenvalue weighted by molar-refractivity contribution is 5.89. The summed E-state index contributed by atoms with van der Waals surface area (Å²) in [5.41, 5.74) is 1.81. The number of urea groups is 1. The van der Waals surface area contributed by atoms with Gasteiger partial charge >= 0.3 is 6.03 Å². The zero-order valence-corrected chi connectivity index (χ0v) is 13.7. The van der Waals surface area contributed by atoms with Crippen LogP contribution in [0.25, 0.3) is 0 Å². The number of carbonyl (C=O) groups excluding carboxylic acids is 1. The molecule has 2 heterocycles. The summed E-state index contributed by atoms with van der Waals surface area (Å²) in [7, 11) is 1.67. The Bertz CT molecular complexity index is 678. The molecule has 0 radical (unpaired) electrons. The fourth-order valence-electron chi connectivity index (χ4n) is 2.93. The van der Waals surface area contributed by atoms with E-state index in [2.05, 4.69) is 26.6 Å². The number of nitrogens with zero attached hydrogens (tertiary/aromatic N) is 2. The first kappa shape index (κ1) is 16.1. The number of amides is 2. The van der Waals surface area contributed by atoms with Crippen LogP contribution in [0.5, 0.6) is 5.75 Å². The van der Waals surface area contributed by atoms with Gasteiger partial charge in [-0.25, -0.2) is 4.79 Å². The molecule has 0 spiro atoms. The normalized spacial score (nSPS) is 17.2. The number of pyridine rings is 1. The Balaban J connectivity index is 1.58. The van der Waals surface area contributed by atoms with E-state index in [0.29, 0.717) is 5.69 Å². The third kappa shape index (κ3) is 4.16. The number of carbonyl (C=O) groups is 1. The van der Waals surface area contributed by atoms with E-state index in [-0.39, 0.29) is 12.1 Å². The minimum atomic E-state index is -0.194. The van der Waals surface area contributed by atoms with Crippen LogP contribution < -0.4 is 20.3 Å². The van der Waals surface area contributed by atoms with Crippen LogP contribution in [-0.4, -0.2) is 37.3 Å². The van der Waals surface area contributed by atoms with Crippen molar-refractivity contribution in [3.63, 3.8) is 0 Å². The highest BCUT2D eigenvalue weighted by Gasteiger charge is 2.22. The van der Waals surface area contributed by atoms with Crippen molar-refractivity contribution in [2.24, 2.45) is 0 Å². The second kappa shape index (κ2) is 7.68. The van der Waals surface area contributed by atoms with E-state index in [1.807, 2.05) is 24.3 Å². The molecule has 0 bridgehead atoms. The quantitative estimate of drug-likeness (QED) is 0.907. The average Bonchev–Trinajstić information content (AvgIpc) is 2.63. The number of piperidine rings is 1. The Labute approximate surface area is 141 Å². The summed E-state index contributed by atoms with van der Waals surface area (Å²) in [6.07, 6.45) is 5.31. The van der Waals surface area contributed by atoms with Gasteiger partial charge in [-0.2, -0.15) is 0 Å². The molecule has 3 rings (SSSR count). The monoisotopic (exact) mass is 326 g/mol. The van der Waals surface area contributed by atoms with Crippen LogP contribution in [0.4, 0.5) is 16.2 Å². The van der Waals surface area contributed by atoms with E-state index in [4.69, 9.17) is 4.74 Å². The molecule has 1 fully saturated rings. The van der Waals surface area contributed by atoms with Crippen LogP contribution in [0, 0.1) is 0 Å². The number of aromatic nitrogens is 1. The van der Waals surface area contributed by atoms with Crippen molar-refractivity contribution in [1.82, 2.24) is 10.3 Å². The molecule has 6 heteroatoms. The van der Waals surface area contributed by atoms with Crippen molar-refractivity contribution in [2.75, 3.05) is 30.4 Å². The van der Waals surface area contributed by atoms with Crippen molar-refractivity contribution >= 4 is 17.4 Å². The van der Waals surface area contributed by atoms with Crippen LogP contribution in [0.15, 0.2) is 48.8 Å². The molecular weight excluding hydrogens is 304 g/mol. The summed E-state index contributed by atoms with van der Waals surface area (Å²) >= 11 is 0. The lowest BCUT2D eigenvalue weighted by Gasteiger charge is -2.34. The van der Waals surface area contributed by atoms with Gasteiger partial charge in [-0.05, 0) is 37.1 Å². The third-order valence-corrected chi connectivity index (χ3v) is 4.09. The Morgan fingerprint density at radius 2 is 2.25 bits per heavy atom. The number of hydrogen-bond acceptors (Lipinski definition) is 4. The van der Waals surface area contributed by atoms with Crippen LogP contribution >= 0.6 is 0 Å². The molecule has 1 aromatic heterocycles. The first-order valence-corrected chi connectivity index (χ1v) is 8.11. The molecule has 0 aliphatic carbocycles. The van der Waals surface area contributed by atoms with E-state index >= 15 is 0 Å². The molecule has 1 aliphatic heterocycles. The lowest BCUT2D eigenvalue weighted by molar-refractivity contribution is 0.246. The maximum Gasteiger partial charge on any atom is 0.319 e. The fraction of sp³-hybridized carbons (Fsp3) is 0.333. The number of rotatable bonds is 4. The topological polar surface area (TPSA) is 66.5 Å². The molecule has 1 aliphatic rings. The smallest absolute Gasteiger partial charge is 0.319 e. The zero-order valence-electron chi connectivity index (χ0n) is 13.7. The van der Waals surface area contributed by atoms with Crippen molar-refractivity contribution in [3.8, 4) is 5.75 Å². The standard InChI is InChI=1S/C18H22N4O2/c1-24-17-8-2-7-16(11-17)22-10-4-6-15(13-22)21-18(23)20-14-5-3-9-19-12-14/h2-3,5,7-9,11-12,15H,4,6,10,13H2,1H3,(H2,20,21,23)/t15-/m0/s1. The minimum absolute atomic E-state index is 0.113. The highest BCUT2D eigenvalue weighted by Crippen LogP contribution is 2.24. The molecule has 6 nitrogen and oxygen atoms in total. The van der Waals surface area contributed by atoms with Crippen molar-refractivity contribution < 1.29 is 9.53 Å². The van der Waals surface area contributed by atoms with Crippen LogP contribution in [0.2, 0.25) is 0 Å². The van der Waals surface area contributed by atoms with E-state index in [1.165, 1.54) is 0 Å². The molecule has 2 amide bonds. The van der Waals surface area contributed by atoms with Gasteiger partial charge < -0.3 is 20.3 Å². The molecule has 1 saturated heterocycles. The number of methoxy groups -OCH3 is 1. The van der Waals surface area contributed by atoms with Gasteiger partial charge in [0.15, 0.2) is 0 Å². The Morgan fingerprint density at radius 1 is 1.33 bits per heavy atom. The summed E-state index contributed by atoms with van der Waals surface area (Å²) in [5, 5.41) is 5.86. The van der Waals surface area contributed by atoms with Gasteiger partial charge in [-0.3, -0.25) is 4.98 Å². The second-order valence-corrected chi connectivity index (χ2v) is 5.83. The SMILES string of the molecule is COc1cccc(N2CCC[C@H](NC(=O)Nc3cccnc3)C2)c1. The maximum atomic E-state index is 12.1. The molecule has 24 heavy (non-hydrogen) atoms. The van der Waals surface area contributed by atoms with E-state index in [1.54, 1.807) is 25.6 Å². The first-order chi connectivity index (χ1) is 11.7. The van der Waals surface area contributed by atoms with Crippen LogP contribution in [0.1, 0.15) is 12.8 Å². The lowest BCUT2D eigenvalue weighted by atomic mass is 10.0. The number of hydrogen-bond donors (Lipinski definition) is 2. The number of ether oxygens (including phenoxy) is 1. The van der Waals surface area contributed by atoms with Crippen LogP contribution in [0.3, 0.4) is 0 Å². The summed E-state index contributed by atoms with van der Waals surface area (Å²) in [6.45, 7) is 1.77. The van der Waals surface area contributed by atoms with E-state index < -0.39 is 0 Å². The van der Waals surface area contributed by atoms with Gasteiger partial charge in [0.2, 0.25) is 0 Å². The Kier molecular flexibility index (Phi) is 5.15. The zero-order chi connectivity index (χ0) is 16.8. The van der Waals surface area contributed by atoms with Gasteiger partial charge in [0.1, 0.15) is 5.75 Å². The molecule has 0 saturated carbocycles. The van der Waals surface area contributed by atoms with Crippen molar-refractivity contribution in [1.29, 1.82) is 0 Å². The second-order valence-electron chi connectivity index (χ2n) is 5.83. The fourth-order valence-corrected chi connectivity index (χ4v) is 2.93. The van der Waals surface area contributed by atoms with Crippen molar-refractivity contribution in [2.45, 2.75) is 18.9 Å². The molecule has 2 aromatic rings. The summed E-state index contributed by atoms with van der Waals surface area (Å²) in [5.74, 6) is 0.844.